The van der Waals surface area contributed by atoms with Crippen LogP contribution in [-0.2, 0) is 13.1 Å². The molecule has 1 fully saturated rings. The highest BCUT2D eigenvalue weighted by Crippen LogP contribution is 2.40. The third-order valence-corrected chi connectivity index (χ3v) is 5.34. The van der Waals surface area contributed by atoms with Gasteiger partial charge in [-0.15, -0.1) is 10.2 Å². The average Bonchev–Trinajstić information content (AvgIpc) is 3.33. The molecule has 0 saturated heterocycles. The molecular weight excluding hydrogens is 320 g/mol. The first-order valence-corrected chi connectivity index (χ1v) is 9.62. The molecule has 1 aromatic carbocycles. The van der Waals surface area contributed by atoms with Crippen molar-refractivity contribution in [1.29, 1.82) is 0 Å². The van der Waals surface area contributed by atoms with E-state index in [0.717, 1.165) is 24.1 Å². The number of hydrogen-bond acceptors (Lipinski definition) is 5. The van der Waals surface area contributed by atoms with Gasteiger partial charge in [-0.25, -0.2) is 0 Å². The van der Waals surface area contributed by atoms with Crippen molar-refractivity contribution in [1.82, 2.24) is 19.7 Å². The second-order valence-corrected chi connectivity index (χ2v) is 7.49. The zero-order valence-corrected chi connectivity index (χ0v) is 15.2. The molecule has 1 heterocycles. The summed E-state index contributed by atoms with van der Waals surface area (Å²) >= 11 is 1.61. The van der Waals surface area contributed by atoms with Crippen molar-refractivity contribution < 1.29 is 5.11 Å². The lowest BCUT2D eigenvalue weighted by molar-refractivity contribution is 0.142. The Bertz CT molecular complexity index is 642. The van der Waals surface area contributed by atoms with E-state index in [4.69, 9.17) is 0 Å². The maximum atomic E-state index is 10.3. The SMILES string of the molecule is CCn1c(SCC(O)CN(C)Cc2ccccc2)nnc1C1CC1. The Hall–Kier alpha value is -1.37. The predicted molar refractivity (Wildman–Crippen MR) is 97.2 cm³/mol. The zero-order chi connectivity index (χ0) is 16.9. The molecule has 0 amide bonds. The van der Waals surface area contributed by atoms with E-state index in [-0.39, 0.29) is 6.10 Å². The summed E-state index contributed by atoms with van der Waals surface area (Å²) in [5.41, 5.74) is 1.26. The third kappa shape index (κ3) is 4.59. The minimum atomic E-state index is -0.380. The van der Waals surface area contributed by atoms with E-state index in [1.165, 1.54) is 18.4 Å². The molecule has 0 aliphatic heterocycles. The lowest BCUT2D eigenvalue weighted by atomic mass is 10.2. The van der Waals surface area contributed by atoms with Crippen LogP contribution in [0.2, 0.25) is 0 Å². The first-order valence-electron chi connectivity index (χ1n) is 8.63. The van der Waals surface area contributed by atoms with Gasteiger partial charge >= 0.3 is 0 Å². The summed E-state index contributed by atoms with van der Waals surface area (Å²) in [5, 5.41) is 19.9. The maximum Gasteiger partial charge on any atom is 0.191 e. The topological polar surface area (TPSA) is 54.2 Å². The van der Waals surface area contributed by atoms with Crippen molar-refractivity contribution in [2.75, 3.05) is 19.3 Å². The monoisotopic (exact) mass is 346 g/mol. The summed E-state index contributed by atoms with van der Waals surface area (Å²) in [5.74, 6) is 2.37. The Kier molecular flexibility index (Phi) is 5.92. The van der Waals surface area contributed by atoms with Crippen LogP contribution in [-0.4, -0.2) is 50.2 Å². The molecule has 0 radical (unpaired) electrons. The summed E-state index contributed by atoms with van der Waals surface area (Å²) in [7, 11) is 2.04. The second kappa shape index (κ2) is 8.14. The van der Waals surface area contributed by atoms with E-state index in [1.807, 2.05) is 25.2 Å². The summed E-state index contributed by atoms with van der Waals surface area (Å²) in [4.78, 5) is 2.15. The number of aliphatic hydroxyl groups is 1. The number of nitrogens with zero attached hydrogens (tertiary/aromatic N) is 4. The van der Waals surface area contributed by atoms with Gasteiger partial charge in [-0.1, -0.05) is 42.1 Å². The molecule has 24 heavy (non-hydrogen) atoms. The Morgan fingerprint density at radius 1 is 1.29 bits per heavy atom. The quantitative estimate of drug-likeness (QED) is 0.708. The smallest absolute Gasteiger partial charge is 0.191 e. The van der Waals surface area contributed by atoms with Gasteiger partial charge in [-0.3, -0.25) is 4.90 Å². The number of hydrogen-bond donors (Lipinski definition) is 1. The van der Waals surface area contributed by atoms with Gasteiger partial charge in [0.05, 0.1) is 6.10 Å². The van der Waals surface area contributed by atoms with Crippen LogP contribution in [0.5, 0.6) is 0 Å². The molecule has 1 saturated carbocycles. The zero-order valence-electron chi connectivity index (χ0n) is 14.4. The van der Waals surface area contributed by atoms with E-state index in [9.17, 15) is 5.11 Å². The van der Waals surface area contributed by atoms with Crippen LogP contribution < -0.4 is 0 Å². The number of thioether (sulfide) groups is 1. The van der Waals surface area contributed by atoms with Crippen LogP contribution in [0.3, 0.4) is 0 Å². The van der Waals surface area contributed by atoms with Gasteiger partial charge in [0.2, 0.25) is 0 Å². The molecule has 1 unspecified atom stereocenters. The average molecular weight is 347 g/mol. The lowest BCUT2D eigenvalue weighted by Crippen LogP contribution is -2.30. The molecule has 3 rings (SSSR count). The van der Waals surface area contributed by atoms with Crippen LogP contribution >= 0.6 is 11.8 Å². The van der Waals surface area contributed by atoms with Gasteiger partial charge in [0.25, 0.3) is 0 Å². The molecule has 130 valence electrons. The Labute approximate surface area is 148 Å². The number of aromatic nitrogens is 3. The Balaban J connectivity index is 1.47. The van der Waals surface area contributed by atoms with Gasteiger partial charge < -0.3 is 9.67 Å². The molecular formula is C18H26N4OS. The largest absolute Gasteiger partial charge is 0.391 e. The highest BCUT2D eigenvalue weighted by molar-refractivity contribution is 7.99. The molecule has 5 nitrogen and oxygen atoms in total. The molecule has 0 bridgehead atoms. The fourth-order valence-electron chi connectivity index (χ4n) is 2.89. The van der Waals surface area contributed by atoms with Crippen molar-refractivity contribution in [2.45, 2.75) is 50.0 Å². The highest BCUT2D eigenvalue weighted by Gasteiger charge is 2.30. The predicted octanol–water partition coefficient (Wildman–Crippen LogP) is 2.76. The molecule has 1 aliphatic carbocycles. The van der Waals surface area contributed by atoms with E-state index >= 15 is 0 Å². The first-order chi connectivity index (χ1) is 11.7. The van der Waals surface area contributed by atoms with Gasteiger partial charge in [0.15, 0.2) is 5.16 Å². The summed E-state index contributed by atoms with van der Waals surface area (Å²) in [6.07, 6.45) is 2.08. The maximum absolute atomic E-state index is 10.3. The summed E-state index contributed by atoms with van der Waals surface area (Å²) in [6, 6.07) is 10.3. The van der Waals surface area contributed by atoms with Gasteiger partial charge in [0.1, 0.15) is 5.82 Å². The summed E-state index contributed by atoms with van der Waals surface area (Å²) < 4.78 is 2.20. The van der Waals surface area contributed by atoms with Crippen LogP contribution in [0, 0.1) is 0 Å². The van der Waals surface area contributed by atoms with Gasteiger partial charge in [-0.2, -0.15) is 0 Å². The normalized spacial score (nSPS) is 15.8. The minimum absolute atomic E-state index is 0.380. The van der Waals surface area contributed by atoms with Gasteiger partial charge in [0, 0.05) is 31.3 Å². The minimum Gasteiger partial charge on any atom is -0.391 e. The van der Waals surface area contributed by atoms with Crippen LogP contribution in [0.25, 0.3) is 0 Å². The fourth-order valence-corrected chi connectivity index (χ4v) is 3.81. The van der Waals surface area contributed by atoms with Crippen LogP contribution in [0.4, 0.5) is 0 Å². The molecule has 1 atom stereocenters. The van der Waals surface area contributed by atoms with Crippen molar-refractivity contribution in [3.63, 3.8) is 0 Å². The van der Waals surface area contributed by atoms with Crippen LogP contribution in [0.15, 0.2) is 35.5 Å². The molecule has 1 N–H and O–H groups in total. The Morgan fingerprint density at radius 2 is 2.04 bits per heavy atom. The standard InChI is InChI=1S/C18H26N4OS/c1-3-22-17(15-9-10-15)19-20-18(22)24-13-16(23)12-21(2)11-14-7-5-4-6-8-14/h4-8,15-16,23H,3,9-13H2,1-2H3. The number of rotatable bonds is 9. The number of benzene rings is 1. The molecule has 6 heteroatoms. The van der Waals surface area contributed by atoms with E-state index in [1.54, 1.807) is 11.8 Å². The third-order valence-electron chi connectivity index (χ3n) is 4.23. The first kappa shape index (κ1) is 17.5. The number of aliphatic hydroxyl groups excluding tert-OH is 1. The van der Waals surface area contributed by atoms with Crippen molar-refractivity contribution >= 4 is 11.8 Å². The van der Waals surface area contributed by atoms with Crippen molar-refractivity contribution in [2.24, 2.45) is 0 Å². The molecule has 1 aromatic heterocycles. The fraction of sp³-hybridized carbons (Fsp3) is 0.556. The van der Waals surface area contributed by atoms with Crippen LogP contribution in [0.1, 0.15) is 37.1 Å². The van der Waals surface area contributed by atoms with E-state index in [0.29, 0.717) is 18.2 Å². The van der Waals surface area contributed by atoms with Gasteiger partial charge in [-0.05, 0) is 32.4 Å². The molecule has 2 aromatic rings. The van der Waals surface area contributed by atoms with E-state index < -0.39 is 0 Å². The molecule has 1 aliphatic rings. The lowest BCUT2D eigenvalue weighted by Gasteiger charge is -2.20. The highest BCUT2D eigenvalue weighted by atomic mass is 32.2. The second-order valence-electron chi connectivity index (χ2n) is 6.51. The van der Waals surface area contributed by atoms with Crippen molar-refractivity contribution in [3.8, 4) is 0 Å². The van der Waals surface area contributed by atoms with Crippen molar-refractivity contribution in [3.05, 3.63) is 41.7 Å². The molecule has 0 spiro atoms. The number of likely N-dealkylation sites (N-methyl/N-ethyl adjacent to an activating group) is 1. The summed E-state index contributed by atoms with van der Waals surface area (Å²) in [6.45, 7) is 4.52. The Morgan fingerprint density at radius 3 is 2.71 bits per heavy atom. The van der Waals surface area contributed by atoms with E-state index in [2.05, 4.69) is 38.7 Å².